The maximum atomic E-state index is 11.8. The van der Waals surface area contributed by atoms with Crippen LogP contribution >= 0.6 is 27.3 Å². The summed E-state index contributed by atoms with van der Waals surface area (Å²) in [4.78, 5) is 15.9. The Morgan fingerprint density at radius 2 is 2.38 bits per heavy atom. The molecule has 16 heavy (non-hydrogen) atoms. The standard InChI is InChI=1S/C10H13BrN2O2S/c1-6-13-7(8(11)16-6)9(14)12-5-10(15)3-2-4-10/h15H,2-5H2,1H3,(H,12,14). The highest BCUT2D eigenvalue weighted by atomic mass is 79.9. The molecule has 4 nitrogen and oxygen atoms in total. The van der Waals surface area contributed by atoms with Crippen molar-refractivity contribution in [2.75, 3.05) is 6.54 Å². The molecule has 1 aromatic rings. The largest absolute Gasteiger partial charge is 0.388 e. The summed E-state index contributed by atoms with van der Waals surface area (Å²) >= 11 is 4.73. The Labute approximate surface area is 106 Å². The van der Waals surface area contributed by atoms with Crippen molar-refractivity contribution < 1.29 is 9.90 Å². The zero-order chi connectivity index (χ0) is 11.8. The van der Waals surface area contributed by atoms with E-state index in [1.54, 1.807) is 0 Å². The van der Waals surface area contributed by atoms with Crippen LogP contribution in [-0.4, -0.2) is 28.1 Å². The van der Waals surface area contributed by atoms with E-state index in [2.05, 4.69) is 26.2 Å². The minimum Gasteiger partial charge on any atom is -0.388 e. The lowest BCUT2D eigenvalue weighted by atomic mass is 9.80. The van der Waals surface area contributed by atoms with Crippen LogP contribution < -0.4 is 5.32 Å². The van der Waals surface area contributed by atoms with Crippen LogP contribution in [0.15, 0.2) is 3.79 Å². The molecule has 0 atom stereocenters. The fraction of sp³-hybridized carbons (Fsp3) is 0.600. The lowest BCUT2D eigenvalue weighted by Crippen LogP contribution is -2.47. The molecule has 0 bridgehead atoms. The third-order valence-electron chi connectivity index (χ3n) is 2.77. The molecule has 88 valence electrons. The van der Waals surface area contributed by atoms with Crippen LogP contribution in [0.5, 0.6) is 0 Å². The van der Waals surface area contributed by atoms with E-state index in [1.807, 2.05) is 6.92 Å². The molecule has 0 saturated heterocycles. The molecule has 0 radical (unpaired) electrons. The first-order valence-corrected chi connectivity index (χ1v) is 6.75. The Balaban J connectivity index is 1.95. The first kappa shape index (κ1) is 12.0. The van der Waals surface area contributed by atoms with Crippen molar-refractivity contribution in [1.29, 1.82) is 0 Å². The molecule has 1 aliphatic carbocycles. The molecule has 1 fully saturated rings. The molecule has 0 unspecified atom stereocenters. The summed E-state index contributed by atoms with van der Waals surface area (Å²) in [6.45, 7) is 2.17. The molecule has 0 spiro atoms. The number of thiazole rings is 1. The summed E-state index contributed by atoms with van der Waals surface area (Å²) < 4.78 is 0.739. The average Bonchev–Trinajstić information content (AvgIpc) is 2.51. The summed E-state index contributed by atoms with van der Waals surface area (Å²) in [5.74, 6) is -0.225. The van der Waals surface area contributed by atoms with E-state index in [1.165, 1.54) is 11.3 Å². The Kier molecular flexibility index (Phi) is 3.32. The smallest absolute Gasteiger partial charge is 0.272 e. The van der Waals surface area contributed by atoms with E-state index in [9.17, 15) is 9.90 Å². The van der Waals surface area contributed by atoms with E-state index < -0.39 is 5.60 Å². The molecular formula is C10H13BrN2O2S. The molecule has 1 amide bonds. The number of hydrogen-bond donors (Lipinski definition) is 2. The molecular weight excluding hydrogens is 292 g/mol. The fourth-order valence-corrected chi connectivity index (χ4v) is 3.24. The Morgan fingerprint density at radius 1 is 1.69 bits per heavy atom. The van der Waals surface area contributed by atoms with Crippen molar-refractivity contribution >= 4 is 33.2 Å². The SMILES string of the molecule is Cc1nc(C(=O)NCC2(O)CCC2)c(Br)s1. The van der Waals surface area contributed by atoms with Crippen molar-refractivity contribution in [3.05, 3.63) is 14.5 Å². The van der Waals surface area contributed by atoms with Crippen molar-refractivity contribution in [2.45, 2.75) is 31.8 Å². The third-order valence-corrected chi connectivity index (χ3v) is 4.39. The zero-order valence-corrected chi connectivity index (χ0v) is 11.3. The molecule has 2 N–H and O–H groups in total. The first-order chi connectivity index (χ1) is 7.50. The topological polar surface area (TPSA) is 62.2 Å². The maximum Gasteiger partial charge on any atom is 0.272 e. The number of nitrogens with one attached hydrogen (secondary N) is 1. The highest BCUT2D eigenvalue weighted by Crippen LogP contribution is 2.31. The van der Waals surface area contributed by atoms with Crippen LogP contribution in [0.25, 0.3) is 0 Å². The number of nitrogens with zero attached hydrogens (tertiary/aromatic N) is 1. The van der Waals surface area contributed by atoms with Crippen LogP contribution in [-0.2, 0) is 0 Å². The van der Waals surface area contributed by atoms with Gasteiger partial charge in [0.05, 0.1) is 10.6 Å². The van der Waals surface area contributed by atoms with Crippen molar-refractivity contribution in [3.63, 3.8) is 0 Å². The Morgan fingerprint density at radius 3 is 2.81 bits per heavy atom. The minimum atomic E-state index is -0.687. The molecule has 1 aromatic heterocycles. The minimum absolute atomic E-state index is 0.225. The van der Waals surface area contributed by atoms with E-state index in [0.29, 0.717) is 12.2 Å². The Bertz CT molecular complexity index is 415. The van der Waals surface area contributed by atoms with Crippen LogP contribution in [0, 0.1) is 6.92 Å². The number of hydrogen-bond acceptors (Lipinski definition) is 4. The first-order valence-electron chi connectivity index (χ1n) is 5.14. The van der Waals surface area contributed by atoms with Gasteiger partial charge in [0.15, 0.2) is 5.69 Å². The second kappa shape index (κ2) is 4.43. The van der Waals surface area contributed by atoms with E-state index in [0.717, 1.165) is 28.1 Å². The van der Waals surface area contributed by atoms with Crippen molar-refractivity contribution in [3.8, 4) is 0 Å². The van der Waals surface area contributed by atoms with Gasteiger partial charge in [0.25, 0.3) is 5.91 Å². The molecule has 1 saturated carbocycles. The molecule has 0 aliphatic heterocycles. The normalized spacial score (nSPS) is 17.9. The molecule has 6 heteroatoms. The second-order valence-corrected chi connectivity index (χ2v) is 6.64. The van der Waals surface area contributed by atoms with Gasteiger partial charge < -0.3 is 10.4 Å². The van der Waals surface area contributed by atoms with Gasteiger partial charge in [-0.1, -0.05) is 0 Å². The van der Waals surface area contributed by atoms with E-state index in [4.69, 9.17) is 0 Å². The van der Waals surface area contributed by atoms with Crippen LogP contribution in [0.3, 0.4) is 0 Å². The summed E-state index contributed by atoms with van der Waals surface area (Å²) in [6.07, 6.45) is 2.57. The number of halogens is 1. The van der Waals surface area contributed by atoms with Gasteiger partial charge in [0.1, 0.15) is 3.79 Å². The number of carbonyl (C=O) groups excluding carboxylic acids is 1. The maximum absolute atomic E-state index is 11.8. The second-order valence-electron chi connectivity index (χ2n) is 4.12. The van der Waals surface area contributed by atoms with Crippen molar-refractivity contribution in [1.82, 2.24) is 10.3 Å². The van der Waals surface area contributed by atoms with Crippen LogP contribution in [0.1, 0.15) is 34.8 Å². The lowest BCUT2D eigenvalue weighted by molar-refractivity contribution is -0.0300. The number of aliphatic hydroxyl groups is 1. The number of carbonyl (C=O) groups is 1. The predicted molar refractivity (Wildman–Crippen MR) is 65.7 cm³/mol. The van der Waals surface area contributed by atoms with E-state index in [-0.39, 0.29) is 5.91 Å². The summed E-state index contributed by atoms with van der Waals surface area (Å²) in [5.41, 5.74) is -0.279. The van der Waals surface area contributed by atoms with Gasteiger partial charge >= 0.3 is 0 Å². The number of aryl methyl sites for hydroxylation is 1. The van der Waals surface area contributed by atoms with Gasteiger partial charge in [-0.2, -0.15) is 0 Å². The van der Waals surface area contributed by atoms with Crippen LogP contribution in [0.4, 0.5) is 0 Å². The number of rotatable bonds is 3. The quantitative estimate of drug-likeness (QED) is 0.896. The zero-order valence-electron chi connectivity index (χ0n) is 8.92. The molecule has 1 aliphatic rings. The Hall–Kier alpha value is -0.460. The molecule has 0 aromatic carbocycles. The molecule has 1 heterocycles. The predicted octanol–water partition coefficient (Wildman–Crippen LogP) is 1.86. The summed E-state index contributed by atoms with van der Waals surface area (Å²) in [5, 5.41) is 13.4. The summed E-state index contributed by atoms with van der Waals surface area (Å²) in [6, 6.07) is 0. The van der Waals surface area contributed by atoms with Gasteiger partial charge in [0.2, 0.25) is 0 Å². The van der Waals surface area contributed by atoms with E-state index >= 15 is 0 Å². The molecule has 2 rings (SSSR count). The third kappa shape index (κ3) is 2.44. The van der Waals surface area contributed by atoms with Gasteiger partial charge in [-0.15, -0.1) is 11.3 Å². The number of amides is 1. The average molecular weight is 305 g/mol. The number of aromatic nitrogens is 1. The fourth-order valence-electron chi connectivity index (χ4n) is 1.63. The van der Waals surface area contributed by atoms with Gasteiger partial charge in [-0.05, 0) is 42.1 Å². The van der Waals surface area contributed by atoms with Crippen molar-refractivity contribution in [2.24, 2.45) is 0 Å². The van der Waals surface area contributed by atoms with Gasteiger partial charge in [-0.3, -0.25) is 4.79 Å². The van der Waals surface area contributed by atoms with Gasteiger partial charge in [-0.25, -0.2) is 4.98 Å². The lowest BCUT2D eigenvalue weighted by Gasteiger charge is -2.36. The van der Waals surface area contributed by atoms with Gasteiger partial charge in [0, 0.05) is 6.54 Å². The highest BCUT2D eigenvalue weighted by Gasteiger charge is 2.34. The highest BCUT2D eigenvalue weighted by molar-refractivity contribution is 9.11. The monoisotopic (exact) mass is 304 g/mol. The summed E-state index contributed by atoms with van der Waals surface area (Å²) in [7, 11) is 0. The van der Waals surface area contributed by atoms with Crippen LogP contribution in [0.2, 0.25) is 0 Å².